The van der Waals surface area contributed by atoms with Crippen LogP contribution in [0, 0.1) is 12.3 Å². The van der Waals surface area contributed by atoms with Gasteiger partial charge in [-0.1, -0.05) is 35.5 Å². The lowest BCUT2D eigenvalue weighted by atomic mass is 9.73. The highest BCUT2D eigenvalue weighted by Gasteiger charge is 2.47. The molecule has 6 heterocycles. The van der Waals surface area contributed by atoms with Crippen LogP contribution >= 0.6 is 23.4 Å². The fraction of sp³-hybridized carbons (Fsp3) is 0.344. The van der Waals surface area contributed by atoms with Gasteiger partial charge in [-0.2, -0.15) is 0 Å². The van der Waals surface area contributed by atoms with Gasteiger partial charge in [0.1, 0.15) is 11.3 Å². The Morgan fingerprint density at radius 2 is 1.96 bits per heavy atom. The molecule has 2 saturated heterocycles. The van der Waals surface area contributed by atoms with Gasteiger partial charge in [0.15, 0.2) is 11.5 Å². The maximum atomic E-state index is 13.3. The van der Waals surface area contributed by atoms with E-state index in [1.807, 2.05) is 24.4 Å². The van der Waals surface area contributed by atoms with Crippen LogP contribution in [0.25, 0.3) is 16.6 Å². The Morgan fingerprint density at radius 3 is 2.70 bits per heavy atom. The summed E-state index contributed by atoms with van der Waals surface area (Å²) in [7, 11) is 1.55. The van der Waals surface area contributed by atoms with E-state index in [-0.39, 0.29) is 28.4 Å². The predicted molar refractivity (Wildman–Crippen MR) is 177 cm³/mol. The van der Waals surface area contributed by atoms with E-state index in [0.29, 0.717) is 22.4 Å². The van der Waals surface area contributed by atoms with Crippen molar-refractivity contribution in [2.24, 2.45) is 18.2 Å². The van der Waals surface area contributed by atoms with Crippen LogP contribution in [0.3, 0.4) is 0 Å². The number of nitrogens with one attached hydrogen (secondary N) is 1. The maximum absolute atomic E-state index is 13.3. The minimum Gasteiger partial charge on any atom is -0.506 e. The van der Waals surface area contributed by atoms with Crippen LogP contribution in [0.5, 0.6) is 5.75 Å². The molecule has 2 unspecified atom stereocenters. The van der Waals surface area contributed by atoms with E-state index in [9.17, 15) is 14.7 Å². The Bertz CT molecular complexity index is 2070. The number of carbonyl (C=O) groups is 1. The van der Waals surface area contributed by atoms with E-state index in [1.165, 1.54) is 22.5 Å². The monoisotopic (exact) mass is 660 g/mol. The van der Waals surface area contributed by atoms with Crippen LogP contribution in [-0.2, 0) is 11.8 Å². The third-order valence-corrected chi connectivity index (χ3v) is 11.1. The number of pyridine rings is 2. The summed E-state index contributed by atoms with van der Waals surface area (Å²) in [5.74, 6) is -0.353. The molecule has 46 heavy (non-hydrogen) atoms. The number of rotatable bonds is 5. The van der Waals surface area contributed by atoms with E-state index >= 15 is 0 Å². The summed E-state index contributed by atoms with van der Waals surface area (Å²) in [5, 5.41) is 14.0. The topological polar surface area (TPSA) is 153 Å². The van der Waals surface area contributed by atoms with Crippen molar-refractivity contribution in [3.05, 3.63) is 75.6 Å². The van der Waals surface area contributed by atoms with Crippen molar-refractivity contribution in [3.63, 3.8) is 0 Å². The van der Waals surface area contributed by atoms with Gasteiger partial charge in [-0.25, -0.2) is 15.0 Å². The number of amides is 1. The van der Waals surface area contributed by atoms with Crippen molar-refractivity contribution in [3.8, 4) is 5.75 Å². The highest BCUT2D eigenvalue weighted by Crippen LogP contribution is 2.43. The van der Waals surface area contributed by atoms with Gasteiger partial charge < -0.3 is 30.4 Å². The Balaban J connectivity index is 1.15. The van der Waals surface area contributed by atoms with Gasteiger partial charge >= 0.3 is 0 Å². The first-order valence-corrected chi connectivity index (χ1v) is 16.2. The Morgan fingerprint density at radius 1 is 1.20 bits per heavy atom. The molecule has 0 radical (unpaired) electrons. The fourth-order valence-electron chi connectivity index (χ4n) is 6.57. The van der Waals surface area contributed by atoms with Crippen molar-refractivity contribution in [1.82, 2.24) is 23.9 Å². The van der Waals surface area contributed by atoms with Gasteiger partial charge in [-0.3, -0.25) is 14.0 Å². The molecule has 0 saturated carbocycles. The molecular weight excluding hydrogens is 628 g/mol. The number of aryl methyl sites for hydroxylation is 2. The van der Waals surface area contributed by atoms with Crippen LogP contribution in [-0.4, -0.2) is 66.8 Å². The average Bonchev–Trinajstić information content (AvgIpc) is 3.65. The maximum Gasteiger partial charge on any atom is 0.267 e. The summed E-state index contributed by atoms with van der Waals surface area (Å²) in [5.41, 5.74) is 7.51. The van der Waals surface area contributed by atoms with E-state index in [0.717, 1.165) is 48.1 Å². The van der Waals surface area contributed by atoms with E-state index in [4.69, 9.17) is 27.1 Å². The molecule has 12 nitrogen and oxygen atoms in total. The van der Waals surface area contributed by atoms with E-state index < -0.39 is 22.8 Å². The number of fused-ring (bicyclic) bond motifs is 2. The molecule has 14 heteroatoms. The number of ether oxygens (including phenoxy) is 1. The minimum atomic E-state index is -0.818. The summed E-state index contributed by atoms with van der Waals surface area (Å²) in [6.07, 6.45) is 7.08. The number of hydrogen-bond acceptors (Lipinski definition) is 10. The molecule has 1 aromatic carbocycles. The van der Waals surface area contributed by atoms with Gasteiger partial charge in [0.05, 0.1) is 33.8 Å². The standard InChI is InChI=1S/C32H33ClN8O4S/c1-17-25(28-36-12-15-41(28)31(37-17)40-13-9-32(10-14-40)16-45-18(2)26(32)34)46-21-8-11-35-27(23(21)33)38-29(43)22-24(42)19-6-4-5-7-20(19)39(3)30(22)44/h4-8,11-12,15,18,26,42H,9-10,13-14,16,34H2,1-3H3,(H,35,38,43). The first-order valence-electron chi connectivity index (χ1n) is 15.0. The number of halogens is 1. The van der Waals surface area contributed by atoms with Crippen molar-refractivity contribution in [2.75, 3.05) is 29.9 Å². The number of carbonyl (C=O) groups excluding carboxylic acids is 1. The number of aromatic hydroxyl groups is 1. The van der Waals surface area contributed by atoms with E-state index in [1.54, 1.807) is 43.6 Å². The fourth-order valence-corrected chi connectivity index (χ4v) is 7.82. The van der Waals surface area contributed by atoms with Crippen molar-refractivity contribution < 1.29 is 14.6 Å². The number of imidazole rings is 1. The van der Waals surface area contributed by atoms with Crippen molar-refractivity contribution in [1.29, 1.82) is 0 Å². The predicted octanol–water partition coefficient (Wildman–Crippen LogP) is 4.38. The highest BCUT2D eigenvalue weighted by atomic mass is 35.5. The molecule has 1 amide bonds. The van der Waals surface area contributed by atoms with Gasteiger partial charge in [-0.15, -0.1) is 0 Å². The first kappa shape index (κ1) is 30.5. The molecule has 238 valence electrons. The number of hydrogen-bond donors (Lipinski definition) is 3. The lowest BCUT2D eigenvalue weighted by Gasteiger charge is -2.41. The van der Waals surface area contributed by atoms with Gasteiger partial charge in [0.2, 0.25) is 5.95 Å². The third kappa shape index (κ3) is 4.89. The lowest BCUT2D eigenvalue weighted by Crippen LogP contribution is -2.51. The largest absolute Gasteiger partial charge is 0.506 e. The molecule has 2 aliphatic heterocycles. The number of nitrogens with two attached hydrogens (primary N) is 1. The summed E-state index contributed by atoms with van der Waals surface area (Å²) in [6.45, 7) is 6.30. The van der Waals surface area contributed by atoms with E-state index in [2.05, 4.69) is 20.2 Å². The lowest BCUT2D eigenvalue weighted by molar-refractivity contribution is 0.0973. The molecule has 4 aromatic heterocycles. The molecular formula is C32H33ClN8O4S. The molecule has 5 aromatic rings. The zero-order valence-electron chi connectivity index (χ0n) is 25.5. The molecule has 0 aliphatic carbocycles. The molecule has 2 fully saturated rings. The highest BCUT2D eigenvalue weighted by molar-refractivity contribution is 7.99. The number of nitrogens with zero attached hydrogens (tertiary/aromatic N) is 6. The van der Waals surface area contributed by atoms with Crippen molar-refractivity contribution >= 4 is 57.6 Å². The zero-order valence-corrected chi connectivity index (χ0v) is 27.1. The quantitative estimate of drug-likeness (QED) is 0.248. The van der Waals surface area contributed by atoms with Crippen LogP contribution in [0.4, 0.5) is 11.8 Å². The van der Waals surface area contributed by atoms with Gasteiger partial charge in [-0.05, 0) is 44.9 Å². The van der Waals surface area contributed by atoms with Gasteiger partial charge in [0.25, 0.3) is 11.5 Å². The van der Waals surface area contributed by atoms with Gasteiger partial charge in [0, 0.05) is 60.5 Å². The Labute approximate surface area is 273 Å². The second kappa shape index (κ2) is 11.6. The normalized spacial score (nSPS) is 19.4. The Kier molecular flexibility index (Phi) is 7.67. The number of aromatic nitrogens is 5. The van der Waals surface area contributed by atoms with Crippen molar-refractivity contribution in [2.45, 2.75) is 48.6 Å². The van der Waals surface area contributed by atoms with Crippen LogP contribution < -0.4 is 21.5 Å². The average molecular weight is 661 g/mol. The smallest absolute Gasteiger partial charge is 0.267 e. The molecule has 2 aliphatic rings. The van der Waals surface area contributed by atoms with Crippen LogP contribution in [0.2, 0.25) is 5.02 Å². The second-order valence-corrected chi connectivity index (χ2v) is 13.4. The Hall–Kier alpha value is -4.17. The number of piperidine rings is 1. The SMILES string of the molecule is Cc1nc(N2CCC3(CC2)COC(C)C3N)n2ccnc2c1Sc1ccnc(NC(=O)c2c(O)c3ccccc3n(C)c2=O)c1Cl. The summed E-state index contributed by atoms with van der Waals surface area (Å²) in [4.78, 5) is 44.0. The number of para-hydroxylation sites is 1. The molecule has 0 bridgehead atoms. The first-order chi connectivity index (χ1) is 22.1. The molecule has 4 N–H and O–H groups in total. The summed E-state index contributed by atoms with van der Waals surface area (Å²) >= 11 is 8.15. The zero-order chi connectivity index (χ0) is 32.3. The van der Waals surface area contributed by atoms with Crippen LogP contribution in [0.1, 0.15) is 35.8 Å². The molecule has 2 atom stereocenters. The third-order valence-electron chi connectivity index (χ3n) is 9.34. The second-order valence-electron chi connectivity index (χ2n) is 12.0. The number of anilines is 2. The van der Waals surface area contributed by atoms with Crippen LogP contribution in [0.15, 0.2) is 63.5 Å². The summed E-state index contributed by atoms with van der Waals surface area (Å²) in [6, 6.07) is 8.57. The minimum absolute atomic E-state index is 0.00000507. The molecule has 7 rings (SSSR count). The number of benzene rings is 1. The molecule has 1 spiro atoms. The summed E-state index contributed by atoms with van der Waals surface area (Å²) < 4.78 is 9.20.